The molecule has 0 saturated carbocycles. The van der Waals surface area contributed by atoms with Gasteiger partial charge in [0.25, 0.3) is 0 Å². The highest BCUT2D eigenvalue weighted by Crippen LogP contribution is 2.26. The molecule has 0 amide bonds. The van der Waals surface area contributed by atoms with Crippen molar-refractivity contribution in [2.24, 2.45) is 0 Å². The smallest absolute Gasteiger partial charge is 0.170 e. The SMILES string of the molecule is CCCn1ccnc1CC(=O)c1ccc2c(c1)CCO2. The summed E-state index contributed by atoms with van der Waals surface area (Å²) >= 11 is 0. The van der Waals surface area contributed by atoms with Crippen LogP contribution in [0.25, 0.3) is 0 Å². The standard InChI is InChI=1S/C16H18N2O2/c1-2-7-18-8-6-17-16(18)11-14(19)12-3-4-15-13(10-12)5-9-20-15/h3-4,6,8,10H,2,5,7,9,11H2,1H3. The summed E-state index contributed by atoms with van der Waals surface area (Å²) in [5.41, 5.74) is 1.88. The highest BCUT2D eigenvalue weighted by Gasteiger charge is 2.16. The first kappa shape index (κ1) is 12.9. The molecule has 2 heterocycles. The number of aromatic nitrogens is 2. The molecule has 0 fully saturated rings. The predicted molar refractivity (Wildman–Crippen MR) is 76.2 cm³/mol. The van der Waals surface area contributed by atoms with Gasteiger partial charge < -0.3 is 9.30 Å². The first-order valence-corrected chi connectivity index (χ1v) is 7.07. The normalized spacial score (nSPS) is 13.1. The number of aryl methyl sites for hydroxylation is 1. The zero-order valence-corrected chi connectivity index (χ0v) is 11.6. The van der Waals surface area contributed by atoms with Gasteiger partial charge in [-0.2, -0.15) is 0 Å². The van der Waals surface area contributed by atoms with Crippen molar-refractivity contribution in [1.29, 1.82) is 0 Å². The van der Waals surface area contributed by atoms with Gasteiger partial charge in [-0.3, -0.25) is 4.79 Å². The molecule has 20 heavy (non-hydrogen) atoms. The van der Waals surface area contributed by atoms with Crippen LogP contribution in [0.5, 0.6) is 5.75 Å². The van der Waals surface area contributed by atoms with Gasteiger partial charge in [-0.15, -0.1) is 0 Å². The number of rotatable bonds is 5. The number of Topliss-reactive ketones (excluding diaryl/α,β-unsaturated/α-hetero) is 1. The van der Waals surface area contributed by atoms with Crippen molar-refractivity contribution in [1.82, 2.24) is 9.55 Å². The monoisotopic (exact) mass is 270 g/mol. The number of ketones is 1. The molecule has 1 aromatic heterocycles. The Morgan fingerprint density at radius 2 is 2.35 bits per heavy atom. The lowest BCUT2D eigenvalue weighted by Gasteiger charge is -2.06. The number of ether oxygens (including phenoxy) is 1. The van der Waals surface area contributed by atoms with Crippen molar-refractivity contribution >= 4 is 5.78 Å². The van der Waals surface area contributed by atoms with Crippen molar-refractivity contribution in [2.45, 2.75) is 32.7 Å². The second-order valence-electron chi connectivity index (χ2n) is 5.06. The third-order valence-electron chi connectivity index (χ3n) is 3.60. The van der Waals surface area contributed by atoms with Gasteiger partial charge in [0.05, 0.1) is 13.0 Å². The molecule has 3 rings (SSSR count). The second kappa shape index (κ2) is 5.49. The van der Waals surface area contributed by atoms with Crippen molar-refractivity contribution < 1.29 is 9.53 Å². The minimum atomic E-state index is 0.114. The number of benzene rings is 1. The van der Waals surface area contributed by atoms with Gasteiger partial charge in [-0.25, -0.2) is 4.98 Å². The van der Waals surface area contributed by atoms with Crippen LogP contribution >= 0.6 is 0 Å². The number of hydrogen-bond acceptors (Lipinski definition) is 3. The van der Waals surface area contributed by atoms with E-state index in [1.807, 2.05) is 29.0 Å². The maximum atomic E-state index is 12.4. The van der Waals surface area contributed by atoms with Gasteiger partial charge in [-0.1, -0.05) is 6.92 Å². The van der Waals surface area contributed by atoms with Crippen LogP contribution in [-0.2, 0) is 19.4 Å². The van der Waals surface area contributed by atoms with Crippen LogP contribution in [-0.4, -0.2) is 21.9 Å². The average Bonchev–Trinajstić information content (AvgIpc) is 3.07. The molecule has 0 bridgehead atoms. The number of carbonyl (C=O) groups excluding carboxylic acids is 1. The molecule has 2 aromatic rings. The summed E-state index contributed by atoms with van der Waals surface area (Å²) in [5, 5.41) is 0. The summed E-state index contributed by atoms with van der Waals surface area (Å²) in [7, 11) is 0. The number of imidazole rings is 1. The molecule has 1 aromatic carbocycles. The molecule has 0 saturated heterocycles. The van der Waals surface area contributed by atoms with Crippen molar-refractivity contribution in [3.63, 3.8) is 0 Å². The van der Waals surface area contributed by atoms with Gasteiger partial charge in [0.2, 0.25) is 0 Å². The van der Waals surface area contributed by atoms with E-state index in [-0.39, 0.29) is 5.78 Å². The van der Waals surface area contributed by atoms with E-state index in [1.54, 1.807) is 6.20 Å². The van der Waals surface area contributed by atoms with Crippen molar-refractivity contribution in [3.05, 3.63) is 47.5 Å². The van der Waals surface area contributed by atoms with Gasteiger partial charge >= 0.3 is 0 Å². The fourth-order valence-electron chi connectivity index (χ4n) is 2.56. The molecule has 0 atom stereocenters. The zero-order valence-electron chi connectivity index (χ0n) is 11.6. The Kier molecular flexibility index (Phi) is 3.54. The molecule has 4 heteroatoms. The Hall–Kier alpha value is -2.10. The van der Waals surface area contributed by atoms with E-state index >= 15 is 0 Å². The van der Waals surface area contributed by atoms with E-state index in [9.17, 15) is 4.79 Å². The van der Waals surface area contributed by atoms with Crippen LogP contribution in [0.3, 0.4) is 0 Å². The quantitative estimate of drug-likeness (QED) is 0.785. The van der Waals surface area contributed by atoms with Gasteiger partial charge in [-0.05, 0) is 30.2 Å². The van der Waals surface area contributed by atoms with E-state index in [4.69, 9.17) is 4.74 Å². The van der Waals surface area contributed by atoms with Crippen LogP contribution in [0.15, 0.2) is 30.6 Å². The van der Waals surface area contributed by atoms with Crippen LogP contribution in [0.4, 0.5) is 0 Å². The third kappa shape index (κ3) is 2.46. The Morgan fingerprint density at radius 1 is 1.45 bits per heavy atom. The minimum absolute atomic E-state index is 0.114. The number of fused-ring (bicyclic) bond motifs is 1. The summed E-state index contributed by atoms with van der Waals surface area (Å²) in [5.74, 6) is 1.87. The molecule has 104 valence electrons. The van der Waals surface area contributed by atoms with E-state index in [1.165, 1.54) is 0 Å². The van der Waals surface area contributed by atoms with Crippen LogP contribution < -0.4 is 4.74 Å². The summed E-state index contributed by atoms with van der Waals surface area (Å²) < 4.78 is 7.51. The largest absolute Gasteiger partial charge is 0.493 e. The molecule has 4 nitrogen and oxygen atoms in total. The molecule has 1 aliphatic heterocycles. The van der Waals surface area contributed by atoms with E-state index in [0.29, 0.717) is 13.0 Å². The fourth-order valence-corrected chi connectivity index (χ4v) is 2.56. The van der Waals surface area contributed by atoms with Crippen molar-refractivity contribution in [3.8, 4) is 5.75 Å². The summed E-state index contributed by atoms with van der Waals surface area (Å²) in [6.07, 6.45) is 5.97. The van der Waals surface area contributed by atoms with Crippen molar-refractivity contribution in [2.75, 3.05) is 6.61 Å². The van der Waals surface area contributed by atoms with Crippen LogP contribution in [0, 0.1) is 0 Å². The predicted octanol–water partition coefficient (Wildman–Crippen LogP) is 2.65. The molecule has 0 unspecified atom stereocenters. The van der Waals surface area contributed by atoms with Crippen LogP contribution in [0.2, 0.25) is 0 Å². The van der Waals surface area contributed by atoms with Gasteiger partial charge in [0.1, 0.15) is 11.6 Å². The number of nitrogens with zero attached hydrogens (tertiary/aromatic N) is 2. The summed E-state index contributed by atoms with van der Waals surface area (Å²) in [4.78, 5) is 16.7. The molecule has 0 spiro atoms. The molecule has 1 aliphatic rings. The summed E-state index contributed by atoms with van der Waals surface area (Å²) in [6, 6.07) is 5.70. The number of carbonyl (C=O) groups is 1. The highest BCUT2D eigenvalue weighted by atomic mass is 16.5. The molecular formula is C16H18N2O2. The first-order valence-electron chi connectivity index (χ1n) is 7.07. The molecule has 0 radical (unpaired) electrons. The Morgan fingerprint density at radius 3 is 3.20 bits per heavy atom. The number of hydrogen-bond donors (Lipinski definition) is 0. The van der Waals surface area contributed by atoms with Crippen LogP contribution in [0.1, 0.15) is 35.1 Å². The maximum Gasteiger partial charge on any atom is 0.170 e. The minimum Gasteiger partial charge on any atom is -0.493 e. The topological polar surface area (TPSA) is 44.1 Å². The lowest BCUT2D eigenvalue weighted by atomic mass is 10.0. The third-order valence-corrected chi connectivity index (χ3v) is 3.60. The zero-order chi connectivity index (χ0) is 13.9. The Balaban J connectivity index is 1.77. The highest BCUT2D eigenvalue weighted by molar-refractivity contribution is 5.97. The van der Waals surface area contributed by atoms with E-state index in [0.717, 1.165) is 42.1 Å². The van der Waals surface area contributed by atoms with Gasteiger partial charge in [0.15, 0.2) is 5.78 Å². The molecule has 0 N–H and O–H groups in total. The van der Waals surface area contributed by atoms with Gasteiger partial charge in [0, 0.05) is 30.9 Å². The maximum absolute atomic E-state index is 12.4. The average molecular weight is 270 g/mol. The molecule has 0 aliphatic carbocycles. The summed E-state index contributed by atoms with van der Waals surface area (Å²) in [6.45, 7) is 3.74. The second-order valence-corrected chi connectivity index (χ2v) is 5.06. The fraction of sp³-hybridized carbons (Fsp3) is 0.375. The lowest BCUT2D eigenvalue weighted by Crippen LogP contribution is -2.10. The Labute approximate surface area is 118 Å². The van der Waals surface area contributed by atoms with E-state index < -0.39 is 0 Å². The Bertz CT molecular complexity index is 631. The first-order chi connectivity index (χ1) is 9.78. The lowest BCUT2D eigenvalue weighted by molar-refractivity contribution is 0.0989. The molecular weight excluding hydrogens is 252 g/mol. The van der Waals surface area contributed by atoms with E-state index in [2.05, 4.69) is 11.9 Å².